The predicted octanol–water partition coefficient (Wildman–Crippen LogP) is -3.31. The average molecular weight is 175 g/mol. The maximum Gasteiger partial charge on any atom is 0.199 e. The lowest BCUT2D eigenvalue weighted by atomic mass is 10.5. The minimum absolute atomic E-state index is 0. The largest absolute Gasteiger partial charge is 1.00 e. The van der Waals surface area contributed by atoms with Crippen LogP contribution in [0.2, 0.25) is 0 Å². The molecule has 0 unspecified atom stereocenters. The summed E-state index contributed by atoms with van der Waals surface area (Å²) in [5, 5.41) is 0. The molecule has 0 atom stereocenters. The van der Waals surface area contributed by atoms with Gasteiger partial charge in [0.25, 0.3) is 0 Å². The summed E-state index contributed by atoms with van der Waals surface area (Å²) in [5.41, 5.74) is 0. The minimum Gasteiger partial charge on any atom is -1.00 e. The van der Waals surface area contributed by atoms with Crippen LogP contribution in [0, 0.1) is 0 Å². The first-order valence-electron chi connectivity index (χ1n) is 2.11. The number of hydrogen-bond donors (Lipinski definition) is 1. The molecule has 0 saturated carbocycles. The highest BCUT2D eigenvalue weighted by Gasteiger charge is 1.79. The molecule has 0 fully saturated rings. The molecule has 1 heterocycles. The molecule has 1 aromatic heterocycles. The van der Waals surface area contributed by atoms with Crippen molar-refractivity contribution in [3.05, 3.63) is 30.6 Å². The molecule has 44 valence electrons. The molecule has 2 N–H and O–H groups in total. The lowest BCUT2D eigenvalue weighted by Crippen LogP contribution is -3.00. The summed E-state index contributed by atoms with van der Waals surface area (Å²) in [6, 6.07) is 5.67. The smallest absolute Gasteiger partial charge is 0.199 e. The number of pyridine rings is 1. The molecule has 0 aliphatic carbocycles. The van der Waals surface area contributed by atoms with Crippen molar-refractivity contribution in [2.45, 2.75) is 0 Å². The number of nitrogen functional groups attached to an aromatic ring is 1. The Morgan fingerprint density at radius 1 is 1.00 bits per heavy atom. The van der Waals surface area contributed by atoms with E-state index >= 15 is 0 Å². The standard InChI is InChI=1S/C5H7N2.BrH/c6-7-4-2-1-3-5-7;/h1-5H,6H2;1H/q+1;/p-1. The van der Waals surface area contributed by atoms with Crippen LogP contribution in [0.1, 0.15) is 0 Å². The maximum absolute atomic E-state index is 5.27. The van der Waals surface area contributed by atoms with E-state index in [1.165, 1.54) is 4.68 Å². The van der Waals surface area contributed by atoms with Crippen molar-refractivity contribution in [2.24, 2.45) is 0 Å². The zero-order chi connectivity index (χ0) is 5.11. The lowest BCUT2D eigenvalue weighted by Gasteiger charge is -1.76. The van der Waals surface area contributed by atoms with E-state index in [2.05, 4.69) is 0 Å². The predicted molar refractivity (Wildman–Crippen MR) is 26.8 cm³/mol. The molecule has 0 radical (unpaired) electrons. The molecule has 0 spiro atoms. The Bertz CT molecular complexity index is 140. The zero-order valence-corrected chi connectivity index (χ0v) is 5.88. The molecule has 3 heteroatoms. The highest BCUT2D eigenvalue weighted by Crippen LogP contribution is 1.70. The molecule has 0 aromatic carbocycles. The summed E-state index contributed by atoms with van der Waals surface area (Å²) in [6.45, 7) is 0. The summed E-state index contributed by atoms with van der Waals surface area (Å²) in [5.74, 6) is 5.27. The molecular formula is C5H7BrN2. The maximum atomic E-state index is 5.27. The van der Waals surface area contributed by atoms with Crippen LogP contribution in [-0.4, -0.2) is 0 Å². The van der Waals surface area contributed by atoms with Gasteiger partial charge in [-0.15, -0.1) is 0 Å². The van der Waals surface area contributed by atoms with Crippen LogP contribution >= 0.6 is 0 Å². The first-order chi connectivity index (χ1) is 3.39. The van der Waals surface area contributed by atoms with Crippen molar-refractivity contribution in [3.63, 3.8) is 0 Å². The van der Waals surface area contributed by atoms with Crippen molar-refractivity contribution in [1.82, 2.24) is 0 Å². The molecule has 0 saturated heterocycles. The Hall–Kier alpha value is -0.570. The highest BCUT2D eigenvalue weighted by molar-refractivity contribution is 4.83. The van der Waals surface area contributed by atoms with Crippen LogP contribution in [-0.2, 0) is 0 Å². The number of hydrogen-bond acceptors (Lipinski definition) is 1. The van der Waals surface area contributed by atoms with Gasteiger partial charge in [0.2, 0.25) is 0 Å². The van der Waals surface area contributed by atoms with E-state index in [4.69, 9.17) is 5.84 Å². The Morgan fingerprint density at radius 2 is 1.50 bits per heavy atom. The Balaban J connectivity index is 0.000000490. The van der Waals surface area contributed by atoms with Gasteiger partial charge in [-0.25, -0.2) is 5.84 Å². The van der Waals surface area contributed by atoms with E-state index < -0.39 is 0 Å². The van der Waals surface area contributed by atoms with Crippen molar-refractivity contribution in [1.29, 1.82) is 0 Å². The van der Waals surface area contributed by atoms with E-state index in [1.807, 2.05) is 18.2 Å². The molecule has 1 aromatic rings. The number of halogens is 1. The first kappa shape index (κ1) is 7.43. The Kier molecular flexibility index (Phi) is 3.19. The summed E-state index contributed by atoms with van der Waals surface area (Å²) in [6.07, 6.45) is 3.56. The van der Waals surface area contributed by atoms with Gasteiger partial charge < -0.3 is 17.0 Å². The molecule has 0 bridgehead atoms. The molecule has 8 heavy (non-hydrogen) atoms. The Labute approximate surface area is 58.7 Å². The number of nitrogens with two attached hydrogens (primary N) is 1. The average Bonchev–Trinajstić information content (AvgIpc) is 1.69. The molecular weight excluding hydrogens is 168 g/mol. The number of nitrogens with zero attached hydrogens (tertiary/aromatic N) is 1. The molecule has 0 amide bonds. The third-order valence-corrected chi connectivity index (χ3v) is 0.739. The van der Waals surface area contributed by atoms with Crippen LogP contribution in [0.3, 0.4) is 0 Å². The van der Waals surface area contributed by atoms with E-state index in [0.717, 1.165) is 0 Å². The molecule has 2 nitrogen and oxygen atoms in total. The number of aromatic nitrogens is 1. The second-order valence-electron chi connectivity index (χ2n) is 1.32. The fourth-order valence-corrected chi connectivity index (χ4v) is 0.412. The van der Waals surface area contributed by atoms with Gasteiger partial charge in [-0.2, -0.15) is 0 Å². The van der Waals surface area contributed by atoms with Gasteiger partial charge in [-0.3, -0.25) is 0 Å². The summed E-state index contributed by atoms with van der Waals surface area (Å²) >= 11 is 0. The van der Waals surface area contributed by atoms with Crippen LogP contribution in [0.5, 0.6) is 0 Å². The summed E-state index contributed by atoms with van der Waals surface area (Å²) in [4.78, 5) is 0. The SMILES string of the molecule is N[n+]1ccccc1.[Br-]. The van der Waals surface area contributed by atoms with E-state index in [1.54, 1.807) is 12.4 Å². The van der Waals surface area contributed by atoms with Crippen LogP contribution < -0.4 is 27.5 Å². The van der Waals surface area contributed by atoms with Gasteiger partial charge in [0.1, 0.15) is 0 Å². The van der Waals surface area contributed by atoms with Gasteiger partial charge in [0.05, 0.1) is 0 Å². The van der Waals surface area contributed by atoms with E-state index in [-0.39, 0.29) is 17.0 Å². The second kappa shape index (κ2) is 3.43. The van der Waals surface area contributed by atoms with Gasteiger partial charge in [-0.1, -0.05) is 10.7 Å². The third kappa shape index (κ3) is 1.93. The van der Waals surface area contributed by atoms with Crippen molar-refractivity contribution in [3.8, 4) is 0 Å². The van der Waals surface area contributed by atoms with Crippen LogP contribution in [0.25, 0.3) is 0 Å². The molecule has 0 aliphatic rings. The van der Waals surface area contributed by atoms with Crippen molar-refractivity contribution >= 4 is 0 Å². The quantitative estimate of drug-likeness (QED) is 0.325. The fraction of sp³-hybridized carbons (Fsp3) is 0. The second-order valence-corrected chi connectivity index (χ2v) is 1.32. The minimum atomic E-state index is 0. The van der Waals surface area contributed by atoms with Crippen LogP contribution in [0.4, 0.5) is 0 Å². The lowest BCUT2D eigenvalue weighted by molar-refractivity contribution is -0.638. The van der Waals surface area contributed by atoms with Crippen LogP contribution in [0.15, 0.2) is 30.6 Å². The normalized spacial score (nSPS) is 7.50. The highest BCUT2D eigenvalue weighted by atomic mass is 79.9. The number of rotatable bonds is 0. The zero-order valence-electron chi connectivity index (χ0n) is 4.29. The summed E-state index contributed by atoms with van der Waals surface area (Å²) in [7, 11) is 0. The Morgan fingerprint density at radius 3 is 1.75 bits per heavy atom. The van der Waals surface area contributed by atoms with Crippen molar-refractivity contribution < 1.29 is 21.7 Å². The van der Waals surface area contributed by atoms with Gasteiger partial charge in [0, 0.05) is 12.1 Å². The van der Waals surface area contributed by atoms with Gasteiger partial charge >= 0.3 is 0 Å². The van der Waals surface area contributed by atoms with Crippen molar-refractivity contribution in [2.75, 3.05) is 5.84 Å². The van der Waals surface area contributed by atoms with Gasteiger partial charge in [0.15, 0.2) is 12.4 Å². The van der Waals surface area contributed by atoms with E-state index in [0.29, 0.717) is 0 Å². The van der Waals surface area contributed by atoms with E-state index in [9.17, 15) is 0 Å². The third-order valence-electron chi connectivity index (χ3n) is 0.739. The monoisotopic (exact) mass is 174 g/mol. The summed E-state index contributed by atoms with van der Waals surface area (Å²) < 4.78 is 1.50. The topological polar surface area (TPSA) is 29.9 Å². The molecule has 1 rings (SSSR count). The first-order valence-corrected chi connectivity index (χ1v) is 2.11. The fourth-order valence-electron chi connectivity index (χ4n) is 0.412. The molecule has 0 aliphatic heterocycles. The van der Waals surface area contributed by atoms with Gasteiger partial charge in [-0.05, 0) is 0 Å².